The molecule has 110 valence electrons. The molecule has 2 aromatic rings. The molecular weight excluding hydrogens is 286 g/mol. The van der Waals surface area contributed by atoms with Crippen LogP contribution in [0.3, 0.4) is 0 Å². The summed E-state index contributed by atoms with van der Waals surface area (Å²) in [5.74, 6) is -1.06. The van der Waals surface area contributed by atoms with Gasteiger partial charge in [0.2, 0.25) is 0 Å². The maximum Gasteiger partial charge on any atom is 0.310 e. The molecule has 0 aliphatic rings. The van der Waals surface area contributed by atoms with Crippen molar-refractivity contribution < 1.29 is 9.90 Å². The second-order valence-electron chi connectivity index (χ2n) is 5.59. The highest BCUT2D eigenvalue weighted by Gasteiger charge is 2.38. The van der Waals surface area contributed by atoms with Gasteiger partial charge in [-0.25, -0.2) is 0 Å². The van der Waals surface area contributed by atoms with E-state index >= 15 is 0 Å². The SMILES string of the molecule is CC(C)(C(=O)O)C(c1ccccc1)c1ccc(NCl)cc1. The summed E-state index contributed by atoms with van der Waals surface area (Å²) in [5.41, 5.74) is 1.79. The first-order valence-corrected chi connectivity index (χ1v) is 7.09. The van der Waals surface area contributed by atoms with Crippen LogP contribution in [0.25, 0.3) is 0 Å². The second-order valence-corrected chi connectivity index (χ2v) is 5.78. The number of hydrogen-bond acceptors (Lipinski definition) is 2. The third kappa shape index (κ3) is 3.19. The van der Waals surface area contributed by atoms with Crippen LogP contribution >= 0.6 is 11.8 Å². The van der Waals surface area contributed by atoms with Gasteiger partial charge in [-0.1, -0.05) is 42.5 Å². The van der Waals surface area contributed by atoms with Crippen LogP contribution in [-0.2, 0) is 4.79 Å². The standard InChI is InChI=1S/C17H18ClNO2/c1-17(2,16(20)21)15(12-6-4-3-5-7-12)13-8-10-14(19-18)11-9-13/h3-11,15,19H,1-2H3,(H,20,21). The van der Waals surface area contributed by atoms with E-state index in [1.165, 1.54) is 0 Å². The first-order chi connectivity index (χ1) is 9.96. The minimum absolute atomic E-state index is 0.236. The Morgan fingerprint density at radius 1 is 1.05 bits per heavy atom. The van der Waals surface area contributed by atoms with E-state index in [1.54, 1.807) is 13.8 Å². The number of carbonyl (C=O) groups is 1. The molecule has 1 unspecified atom stereocenters. The fourth-order valence-electron chi connectivity index (χ4n) is 2.53. The van der Waals surface area contributed by atoms with E-state index < -0.39 is 11.4 Å². The van der Waals surface area contributed by atoms with E-state index in [-0.39, 0.29) is 5.92 Å². The molecule has 21 heavy (non-hydrogen) atoms. The van der Waals surface area contributed by atoms with Crippen LogP contribution in [0.1, 0.15) is 30.9 Å². The molecule has 1 atom stereocenters. The average molecular weight is 304 g/mol. The summed E-state index contributed by atoms with van der Waals surface area (Å²) in [4.78, 5) is 14.2. The Morgan fingerprint density at radius 2 is 1.57 bits per heavy atom. The zero-order valence-electron chi connectivity index (χ0n) is 12.0. The van der Waals surface area contributed by atoms with Gasteiger partial charge in [0.15, 0.2) is 0 Å². The van der Waals surface area contributed by atoms with Crippen LogP contribution < -0.4 is 4.84 Å². The summed E-state index contributed by atoms with van der Waals surface area (Å²) >= 11 is 5.57. The Labute approximate surface area is 129 Å². The summed E-state index contributed by atoms with van der Waals surface area (Å²) in [6, 6.07) is 17.2. The molecule has 2 N–H and O–H groups in total. The van der Waals surface area contributed by atoms with Crippen molar-refractivity contribution in [1.29, 1.82) is 0 Å². The van der Waals surface area contributed by atoms with E-state index in [4.69, 9.17) is 11.8 Å². The van der Waals surface area contributed by atoms with Crippen molar-refractivity contribution in [2.75, 3.05) is 4.84 Å². The molecule has 0 bridgehead atoms. The van der Waals surface area contributed by atoms with Crippen LogP contribution in [0, 0.1) is 5.41 Å². The predicted molar refractivity (Wildman–Crippen MR) is 85.6 cm³/mol. The van der Waals surface area contributed by atoms with Crippen molar-refractivity contribution in [3.63, 3.8) is 0 Å². The number of halogens is 1. The molecule has 0 heterocycles. The van der Waals surface area contributed by atoms with Gasteiger partial charge in [0.05, 0.1) is 5.41 Å². The molecule has 0 saturated carbocycles. The predicted octanol–water partition coefficient (Wildman–Crippen LogP) is 4.50. The largest absolute Gasteiger partial charge is 0.481 e. The van der Waals surface area contributed by atoms with Gasteiger partial charge in [-0.3, -0.25) is 9.63 Å². The summed E-state index contributed by atoms with van der Waals surface area (Å²) < 4.78 is 0. The van der Waals surface area contributed by atoms with Crippen molar-refractivity contribution in [1.82, 2.24) is 0 Å². The Balaban J connectivity index is 2.52. The highest BCUT2D eigenvalue weighted by atomic mass is 35.5. The quantitative estimate of drug-likeness (QED) is 0.800. The van der Waals surface area contributed by atoms with Crippen molar-refractivity contribution in [2.24, 2.45) is 5.41 Å². The van der Waals surface area contributed by atoms with Gasteiger partial charge < -0.3 is 5.11 Å². The average Bonchev–Trinajstić information content (AvgIpc) is 2.49. The lowest BCUT2D eigenvalue weighted by atomic mass is 9.71. The molecule has 0 fully saturated rings. The number of benzene rings is 2. The maximum atomic E-state index is 11.7. The van der Waals surface area contributed by atoms with Gasteiger partial charge >= 0.3 is 5.97 Å². The zero-order valence-corrected chi connectivity index (χ0v) is 12.8. The molecule has 0 aliphatic heterocycles. The summed E-state index contributed by atoms with van der Waals surface area (Å²) in [5, 5.41) is 9.60. The molecular formula is C17H18ClNO2. The van der Waals surface area contributed by atoms with E-state index in [2.05, 4.69) is 4.84 Å². The minimum Gasteiger partial charge on any atom is -0.481 e. The number of carboxylic acids is 1. The van der Waals surface area contributed by atoms with Crippen molar-refractivity contribution in [3.05, 3.63) is 65.7 Å². The van der Waals surface area contributed by atoms with Crippen molar-refractivity contribution in [2.45, 2.75) is 19.8 Å². The minimum atomic E-state index is -0.919. The zero-order chi connectivity index (χ0) is 15.5. The Bertz CT molecular complexity index is 608. The van der Waals surface area contributed by atoms with Gasteiger partial charge in [-0.2, -0.15) is 0 Å². The Kier molecular flexibility index (Phi) is 4.53. The fourth-order valence-corrected chi connectivity index (χ4v) is 2.66. The molecule has 0 spiro atoms. The molecule has 0 aliphatic carbocycles. The van der Waals surface area contributed by atoms with E-state index in [0.717, 1.165) is 16.8 Å². The van der Waals surface area contributed by atoms with E-state index in [1.807, 2.05) is 54.6 Å². The van der Waals surface area contributed by atoms with Gasteiger partial charge in [-0.05, 0) is 37.1 Å². The lowest BCUT2D eigenvalue weighted by Gasteiger charge is -2.31. The first kappa shape index (κ1) is 15.4. The normalized spacial score (nSPS) is 12.7. The summed E-state index contributed by atoms with van der Waals surface area (Å²) in [6.45, 7) is 3.50. The van der Waals surface area contributed by atoms with Gasteiger partial charge in [0.25, 0.3) is 0 Å². The Hall–Kier alpha value is -2.00. The van der Waals surface area contributed by atoms with Crippen molar-refractivity contribution >= 4 is 23.4 Å². The van der Waals surface area contributed by atoms with Crippen LogP contribution in [0.15, 0.2) is 54.6 Å². The van der Waals surface area contributed by atoms with Gasteiger partial charge in [0, 0.05) is 23.4 Å². The first-order valence-electron chi connectivity index (χ1n) is 6.71. The van der Waals surface area contributed by atoms with E-state index in [9.17, 15) is 9.90 Å². The fraction of sp³-hybridized carbons (Fsp3) is 0.235. The highest BCUT2D eigenvalue weighted by molar-refractivity contribution is 6.23. The summed E-state index contributed by atoms with van der Waals surface area (Å²) in [6.07, 6.45) is 0. The van der Waals surface area contributed by atoms with Crippen LogP contribution in [0.2, 0.25) is 0 Å². The molecule has 2 aromatic carbocycles. The monoisotopic (exact) mass is 303 g/mol. The number of carboxylic acid groups (broad SMARTS) is 1. The highest BCUT2D eigenvalue weighted by Crippen LogP contribution is 2.41. The third-order valence-corrected chi connectivity index (χ3v) is 3.98. The number of rotatable bonds is 5. The Morgan fingerprint density at radius 3 is 2.05 bits per heavy atom. The molecule has 0 saturated heterocycles. The van der Waals surface area contributed by atoms with Gasteiger partial charge in [0.1, 0.15) is 0 Å². The number of anilines is 1. The third-order valence-electron chi connectivity index (χ3n) is 3.76. The van der Waals surface area contributed by atoms with E-state index in [0.29, 0.717) is 0 Å². The maximum absolute atomic E-state index is 11.7. The lowest BCUT2D eigenvalue weighted by molar-refractivity contribution is -0.147. The summed E-state index contributed by atoms with van der Waals surface area (Å²) in [7, 11) is 0. The molecule has 3 nitrogen and oxygen atoms in total. The van der Waals surface area contributed by atoms with Crippen LogP contribution in [-0.4, -0.2) is 11.1 Å². The molecule has 0 amide bonds. The number of aliphatic carboxylic acids is 1. The second kappa shape index (κ2) is 6.19. The molecule has 0 aromatic heterocycles. The number of nitrogens with one attached hydrogen (secondary N) is 1. The molecule has 4 heteroatoms. The van der Waals surface area contributed by atoms with Crippen LogP contribution in [0.5, 0.6) is 0 Å². The number of hydrogen-bond donors (Lipinski definition) is 2. The lowest BCUT2D eigenvalue weighted by Crippen LogP contribution is -2.32. The van der Waals surface area contributed by atoms with Crippen molar-refractivity contribution in [3.8, 4) is 0 Å². The smallest absolute Gasteiger partial charge is 0.310 e. The molecule has 0 radical (unpaired) electrons. The molecule has 2 rings (SSSR count). The topological polar surface area (TPSA) is 49.3 Å². The van der Waals surface area contributed by atoms with Gasteiger partial charge in [-0.15, -0.1) is 0 Å². The van der Waals surface area contributed by atoms with Crippen LogP contribution in [0.4, 0.5) is 5.69 Å².